The highest BCUT2D eigenvalue weighted by Gasteiger charge is 2.20. The van der Waals surface area contributed by atoms with Crippen LogP contribution >= 0.6 is 22.9 Å². The van der Waals surface area contributed by atoms with E-state index in [1.807, 2.05) is 19.1 Å². The van der Waals surface area contributed by atoms with Crippen LogP contribution in [0.5, 0.6) is 11.5 Å². The van der Waals surface area contributed by atoms with Gasteiger partial charge in [0.25, 0.3) is 0 Å². The van der Waals surface area contributed by atoms with Crippen molar-refractivity contribution in [3.05, 3.63) is 99.3 Å². The largest absolute Gasteiger partial charge is 0.454 e. The first kappa shape index (κ1) is 27.3. The van der Waals surface area contributed by atoms with E-state index >= 15 is 0 Å². The first-order valence-electron chi connectivity index (χ1n) is 13.4. The molecular formula is C31H35ClN4O2S. The number of ether oxygens (including phenoxy) is 2. The summed E-state index contributed by atoms with van der Waals surface area (Å²) < 4.78 is 12.4. The van der Waals surface area contributed by atoms with E-state index in [0.717, 1.165) is 65.8 Å². The average Bonchev–Trinajstić information content (AvgIpc) is 3.55. The van der Waals surface area contributed by atoms with Crippen molar-refractivity contribution in [1.82, 2.24) is 14.8 Å². The third kappa shape index (κ3) is 7.04. The van der Waals surface area contributed by atoms with E-state index in [9.17, 15) is 0 Å². The smallest absolute Gasteiger partial charge is 0.231 e. The average molecular weight is 563 g/mol. The van der Waals surface area contributed by atoms with Gasteiger partial charge in [-0.1, -0.05) is 67.4 Å². The number of rotatable bonds is 12. The summed E-state index contributed by atoms with van der Waals surface area (Å²) in [5.74, 6) is 1.57. The van der Waals surface area contributed by atoms with E-state index < -0.39 is 0 Å². The van der Waals surface area contributed by atoms with Crippen molar-refractivity contribution in [2.45, 2.75) is 46.3 Å². The van der Waals surface area contributed by atoms with Crippen molar-refractivity contribution >= 4 is 33.2 Å². The molecule has 5 rings (SSSR count). The predicted octanol–water partition coefficient (Wildman–Crippen LogP) is 7.00. The Balaban J connectivity index is 1.44. The Morgan fingerprint density at radius 2 is 1.69 bits per heavy atom. The molecule has 204 valence electrons. The minimum Gasteiger partial charge on any atom is -0.454 e. The Kier molecular flexibility index (Phi) is 8.91. The van der Waals surface area contributed by atoms with Gasteiger partial charge in [-0.25, -0.2) is 4.98 Å². The quantitative estimate of drug-likeness (QED) is 0.187. The first-order valence-corrected chi connectivity index (χ1v) is 14.6. The summed E-state index contributed by atoms with van der Waals surface area (Å²) in [6.07, 6.45) is 2.15. The lowest BCUT2D eigenvalue weighted by atomic mass is 10.1. The molecular weight excluding hydrogens is 528 g/mol. The van der Waals surface area contributed by atoms with E-state index in [1.165, 1.54) is 15.8 Å². The molecule has 0 saturated carbocycles. The molecule has 0 saturated heterocycles. The lowest BCUT2D eigenvalue weighted by Gasteiger charge is -2.32. The first-order chi connectivity index (χ1) is 19.0. The summed E-state index contributed by atoms with van der Waals surface area (Å²) in [5, 5.41) is 1.41. The van der Waals surface area contributed by atoms with Crippen LogP contribution in [0.2, 0.25) is 0 Å². The van der Waals surface area contributed by atoms with E-state index in [-0.39, 0.29) is 6.79 Å². The molecule has 0 spiro atoms. The van der Waals surface area contributed by atoms with Gasteiger partial charge >= 0.3 is 0 Å². The number of aromatic nitrogens is 1. The number of halogens is 1. The van der Waals surface area contributed by atoms with E-state index in [0.29, 0.717) is 18.2 Å². The zero-order valence-electron chi connectivity index (χ0n) is 22.5. The standard InChI is InChI=1S/C31H35ClN4O2S/c1-3-4-14-36(19-23-8-6-5-7-9-23)27(31(32)33)20-35(18-25-10-12-28-29(16-25)38-21-37-28)17-24-11-13-30-26(15-24)34-22(2)39-30/h5-13,15-16H,3-4,14,17-21,33H2,1-2H3/b31-27-. The SMILES string of the molecule is CCCCN(Cc1ccccc1)/C(CN(Cc1ccc2c(c1)OCO2)Cc1ccc2sc(C)nc2c1)=C(\N)Cl. The molecule has 1 aliphatic heterocycles. The predicted molar refractivity (Wildman–Crippen MR) is 160 cm³/mol. The number of nitrogens with zero attached hydrogens (tertiary/aromatic N) is 3. The van der Waals surface area contributed by atoms with Gasteiger partial charge in [-0.2, -0.15) is 0 Å². The molecule has 0 radical (unpaired) electrons. The van der Waals surface area contributed by atoms with Crippen molar-refractivity contribution in [1.29, 1.82) is 0 Å². The van der Waals surface area contributed by atoms with Gasteiger partial charge in [-0.15, -0.1) is 11.3 Å². The third-order valence-corrected chi connectivity index (χ3v) is 8.01. The van der Waals surface area contributed by atoms with E-state index in [1.54, 1.807) is 11.3 Å². The Hall–Kier alpha value is -3.26. The summed E-state index contributed by atoms with van der Waals surface area (Å²) in [7, 11) is 0. The van der Waals surface area contributed by atoms with Crippen LogP contribution in [0.15, 0.2) is 77.6 Å². The number of hydrogen-bond donors (Lipinski definition) is 1. The van der Waals surface area contributed by atoms with E-state index in [4.69, 9.17) is 31.8 Å². The maximum absolute atomic E-state index is 6.64. The highest BCUT2D eigenvalue weighted by molar-refractivity contribution is 7.18. The van der Waals surface area contributed by atoms with Crippen LogP contribution in [0.3, 0.4) is 0 Å². The zero-order chi connectivity index (χ0) is 27.2. The third-order valence-electron chi connectivity index (χ3n) is 6.84. The lowest BCUT2D eigenvalue weighted by Crippen LogP contribution is -2.35. The van der Waals surface area contributed by atoms with Gasteiger partial charge in [0.05, 0.1) is 20.9 Å². The van der Waals surface area contributed by atoms with Crippen molar-refractivity contribution in [2.75, 3.05) is 19.9 Å². The van der Waals surface area contributed by atoms with Crippen LogP contribution in [-0.2, 0) is 19.6 Å². The molecule has 0 fully saturated rings. The second kappa shape index (κ2) is 12.7. The topological polar surface area (TPSA) is 63.8 Å². The molecule has 8 heteroatoms. The number of thiazole rings is 1. The van der Waals surface area contributed by atoms with Crippen molar-refractivity contribution in [2.24, 2.45) is 5.73 Å². The van der Waals surface area contributed by atoms with Gasteiger partial charge in [0.2, 0.25) is 6.79 Å². The normalized spacial score (nSPS) is 13.2. The Morgan fingerprint density at radius 1 is 0.949 bits per heavy atom. The Bertz CT molecular complexity index is 1440. The second-order valence-corrected chi connectivity index (χ2v) is 11.6. The molecule has 39 heavy (non-hydrogen) atoms. The molecule has 0 amide bonds. The van der Waals surface area contributed by atoms with Crippen molar-refractivity contribution in [3.8, 4) is 11.5 Å². The van der Waals surface area contributed by atoms with Crippen LogP contribution in [0.1, 0.15) is 41.5 Å². The number of nitrogens with two attached hydrogens (primary N) is 1. The van der Waals surface area contributed by atoms with Gasteiger partial charge in [0, 0.05) is 32.7 Å². The maximum Gasteiger partial charge on any atom is 0.231 e. The van der Waals surface area contributed by atoms with Crippen LogP contribution in [-0.4, -0.2) is 34.7 Å². The Labute approximate surface area is 239 Å². The summed E-state index contributed by atoms with van der Waals surface area (Å²) in [5.41, 5.74) is 11.9. The van der Waals surface area contributed by atoms with Gasteiger partial charge in [-0.3, -0.25) is 4.90 Å². The van der Waals surface area contributed by atoms with Crippen LogP contribution in [0.4, 0.5) is 0 Å². The fraction of sp³-hybridized carbons (Fsp3) is 0.323. The molecule has 1 aromatic heterocycles. The van der Waals surface area contributed by atoms with Crippen LogP contribution in [0.25, 0.3) is 10.2 Å². The second-order valence-electron chi connectivity index (χ2n) is 9.92. The molecule has 0 bridgehead atoms. The van der Waals surface area contributed by atoms with Gasteiger partial charge in [-0.05, 0) is 54.3 Å². The van der Waals surface area contributed by atoms with E-state index in [2.05, 4.69) is 71.3 Å². The van der Waals surface area contributed by atoms with Crippen LogP contribution < -0.4 is 15.2 Å². The molecule has 3 aromatic carbocycles. The summed E-state index contributed by atoms with van der Waals surface area (Å²) in [6, 6.07) is 23.2. The minimum absolute atomic E-state index is 0.261. The molecule has 4 aromatic rings. The van der Waals surface area contributed by atoms with Gasteiger partial charge < -0.3 is 20.1 Å². The summed E-state index contributed by atoms with van der Waals surface area (Å²) >= 11 is 8.36. The summed E-state index contributed by atoms with van der Waals surface area (Å²) in [4.78, 5) is 9.43. The van der Waals surface area contributed by atoms with Gasteiger partial charge in [0.1, 0.15) is 5.16 Å². The van der Waals surface area contributed by atoms with Crippen LogP contribution in [0, 0.1) is 6.92 Å². The van der Waals surface area contributed by atoms with Crippen molar-refractivity contribution in [3.63, 3.8) is 0 Å². The molecule has 0 atom stereocenters. The molecule has 1 aliphatic rings. The maximum atomic E-state index is 6.64. The zero-order valence-corrected chi connectivity index (χ0v) is 24.1. The number of unbranched alkanes of at least 4 members (excludes halogenated alkanes) is 1. The Morgan fingerprint density at radius 3 is 2.46 bits per heavy atom. The minimum atomic E-state index is 0.261. The fourth-order valence-corrected chi connectivity index (χ4v) is 5.90. The molecule has 6 nitrogen and oxygen atoms in total. The highest BCUT2D eigenvalue weighted by atomic mass is 35.5. The fourth-order valence-electron chi connectivity index (χ4n) is 4.91. The number of fused-ring (bicyclic) bond motifs is 2. The number of hydrogen-bond acceptors (Lipinski definition) is 7. The molecule has 2 heterocycles. The molecule has 0 unspecified atom stereocenters. The summed E-state index contributed by atoms with van der Waals surface area (Å²) in [6.45, 7) is 8.19. The van der Waals surface area contributed by atoms with Gasteiger partial charge in [0.15, 0.2) is 11.5 Å². The highest BCUT2D eigenvalue weighted by Crippen LogP contribution is 2.33. The number of benzene rings is 3. The monoisotopic (exact) mass is 562 g/mol. The molecule has 2 N–H and O–H groups in total. The lowest BCUT2D eigenvalue weighted by molar-refractivity contribution is 0.174. The molecule has 0 aliphatic carbocycles. The van der Waals surface area contributed by atoms with Crippen molar-refractivity contribution < 1.29 is 9.47 Å². The number of aryl methyl sites for hydroxylation is 1.